The molecule has 0 spiro atoms. The molecule has 0 bridgehead atoms. The van der Waals surface area contributed by atoms with Crippen LogP contribution in [0.15, 0.2) is 83.8 Å². The molecular formula is C22H16F3NO2S. The van der Waals surface area contributed by atoms with Gasteiger partial charge < -0.3 is 5.32 Å². The highest BCUT2D eigenvalue weighted by atomic mass is 32.2. The molecule has 0 aliphatic heterocycles. The number of halogens is 3. The molecule has 3 aromatic carbocycles. The number of nitrogens with one attached hydrogen (secondary N) is 1. The smallest absolute Gasteiger partial charge is 0.325 e. The number of carbonyl (C=O) groups is 2. The third-order valence-corrected chi connectivity index (χ3v) is 5.01. The highest BCUT2D eigenvalue weighted by Gasteiger charge is 2.30. The van der Waals surface area contributed by atoms with E-state index in [2.05, 4.69) is 5.32 Å². The first-order valence-electron chi connectivity index (χ1n) is 8.63. The van der Waals surface area contributed by atoms with Gasteiger partial charge in [-0.3, -0.25) is 9.59 Å². The number of thioether (sulfide) groups is 1. The number of amides is 1. The van der Waals surface area contributed by atoms with E-state index in [1.165, 1.54) is 12.1 Å². The van der Waals surface area contributed by atoms with Crippen molar-refractivity contribution in [1.82, 2.24) is 0 Å². The maximum absolute atomic E-state index is 12.8. The van der Waals surface area contributed by atoms with Gasteiger partial charge in [0.1, 0.15) is 0 Å². The molecule has 0 aliphatic carbocycles. The summed E-state index contributed by atoms with van der Waals surface area (Å²) in [4.78, 5) is 25.3. The Morgan fingerprint density at radius 3 is 2.28 bits per heavy atom. The molecule has 0 heterocycles. The van der Waals surface area contributed by atoms with Gasteiger partial charge in [0.05, 0.1) is 17.0 Å². The minimum atomic E-state index is -4.43. The van der Waals surface area contributed by atoms with Crippen LogP contribution in [0, 0.1) is 0 Å². The van der Waals surface area contributed by atoms with Crippen molar-refractivity contribution >= 4 is 29.1 Å². The zero-order valence-corrected chi connectivity index (χ0v) is 15.9. The average Bonchev–Trinajstić information content (AvgIpc) is 2.72. The van der Waals surface area contributed by atoms with E-state index >= 15 is 0 Å². The minimum absolute atomic E-state index is 0.0881. The van der Waals surface area contributed by atoms with Crippen molar-refractivity contribution in [3.05, 3.63) is 95.6 Å². The van der Waals surface area contributed by atoms with Crippen LogP contribution < -0.4 is 5.32 Å². The standard InChI is InChI=1S/C22H16F3NO2S/c23-22(24,25)16-9-6-10-17(13-16)29-14-20(27)26-19-12-5-4-11-18(19)21(28)15-7-2-1-3-8-15/h1-13H,14H2,(H,26,27). The van der Waals surface area contributed by atoms with Gasteiger partial charge in [0.15, 0.2) is 5.78 Å². The molecule has 0 unspecified atom stereocenters. The van der Waals surface area contributed by atoms with E-state index in [0.29, 0.717) is 21.7 Å². The van der Waals surface area contributed by atoms with E-state index in [1.54, 1.807) is 54.6 Å². The van der Waals surface area contributed by atoms with Crippen LogP contribution >= 0.6 is 11.8 Å². The quantitative estimate of drug-likeness (QED) is 0.417. The highest BCUT2D eigenvalue weighted by Crippen LogP contribution is 2.32. The van der Waals surface area contributed by atoms with Crippen LogP contribution in [0.3, 0.4) is 0 Å². The van der Waals surface area contributed by atoms with Gasteiger partial charge in [0, 0.05) is 16.0 Å². The Bertz CT molecular complexity index is 1020. The normalized spacial score (nSPS) is 11.1. The molecule has 7 heteroatoms. The molecular weight excluding hydrogens is 399 g/mol. The van der Waals surface area contributed by atoms with E-state index in [4.69, 9.17) is 0 Å². The van der Waals surface area contributed by atoms with Crippen molar-refractivity contribution in [3.63, 3.8) is 0 Å². The second-order valence-electron chi connectivity index (χ2n) is 6.10. The summed E-state index contributed by atoms with van der Waals surface area (Å²) in [6.45, 7) is 0. The predicted molar refractivity (Wildman–Crippen MR) is 107 cm³/mol. The molecule has 0 fully saturated rings. The SMILES string of the molecule is O=C(CSc1cccc(C(F)(F)F)c1)Nc1ccccc1C(=O)c1ccccc1. The van der Waals surface area contributed by atoms with Gasteiger partial charge in [-0.05, 0) is 30.3 Å². The molecule has 0 aromatic heterocycles. The van der Waals surface area contributed by atoms with E-state index in [0.717, 1.165) is 23.9 Å². The Hall–Kier alpha value is -3.06. The number of carbonyl (C=O) groups excluding carboxylic acids is 2. The highest BCUT2D eigenvalue weighted by molar-refractivity contribution is 8.00. The summed E-state index contributed by atoms with van der Waals surface area (Å²) >= 11 is 0.992. The zero-order valence-electron chi connectivity index (χ0n) is 15.1. The molecule has 3 aromatic rings. The fourth-order valence-corrected chi connectivity index (χ4v) is 3.39. The first kappa shape index (κ1) is 20.7. The van der Waals surface area contributed by atoms with Gasteiger partial charge in [0.25, 0.3) is 0 Å². The van der Waals surface area contributed by atoms with Crippen LogP contribution in [-0.2, 0) is 11.0 Å². The maximum atomic E-state index is 12.8. The van der Waals surface area contributed by atoms with Gasteiger partial charge in [-0.1, -0.05) is 48.5 Å². The Morgan fingerprint density at radius 2 is 1.55 bits per heavy atom. The van der Waals surface area contributed by atoms with Crippen molar-refractivity contribution in [2.45, 2.75) is 11.1 Å². The van der Waals surface area contributed by atoms with Crippen molar-refractivity contribution in [1.29, 1.82) is 0 Å². The van der Waals surface area contributed by atoms with Crippen molar-refractivity contribution in [2.24, 2.45) is 0 Å². The average molecular weight is 415 g/mol. The monoisotopic (exact) mass is 415 g/mol. The molecule has 3 nitrogen and oxygen atoms in total. The Morgan fingerprint density at radius 1 is 0.862 bits per heavy atom. The molecule has 0 saturated carbocycles. The number of rotatable bonds is 6. The summed E-state index contributed by atoms with van der Waals surface area (Å²) in [5.41, 5.74) is 0.432. The number of hydrogen-bond acceptors (Lipinski definition) is 3. The van der Waals surface area contributed by atoms with Crippen molar-refractivity contribution in [3.8, 4) is 0 Å². The van der Waals surface area contributed by atoms with Crippen LogP contribution in [0.25, 0.3) is 0 Å². The zero-order chi connectivity index (χ0) is 20.9. The van der Waals surface area contributed by atoms with E-state index in [1.807, 2.05) is 0 Å². The number of alkyl halides is 3. The maximum Gasteiger partial charge on any atom is 0.416 e. The van der Waals surface area contributed by atoms with Gasteiger partial charge in [-0.25, -0.2) is 0 Å². The second kappa shape index (κ2) is 8.96. The molecule has 0 aliphatic rings. The summed E-state index contributed by atoms with van der Waals surface area (Å²) in [6.07, 6.45) is -4.43. The van der Waals surface area contributed by atoms with Crippen LogP contribution in [0.5, 0.6) is 0 Å². The summed E-state index contributed by atoms with van der Waals surface area (Å²) in [6, 6.07) is 20.1. The topological polar surface area (TPSA) is 46.2 Å². The summed E-state index contributed by atoms with van der Waals surface area (Å²) in [5.74, 6) is -0.734. The third kappa shape index (κ3) is 5.48. The lowest BCUT2D eigenvalue weighted by Gasteiger charge is -2.11. The summed E-state index contributed by atoms with van der Waals surface area (Å²) in [7, 11) is 0. The van der Waals surface area contributed by atoms with Crippen LogP contribution in [0.2, 0.25) is 0 Å². The molecule has 0 saturated heterocycles. The number of benzene rings is 3. The van der Waals surface area contributed by atoms with Gasteiger partial charge in [-0.15, -0.1) is 11.8 Å². The molecule has 0 atom stereocenters. The number of hydrogen-bond donors (Lipinski definition) is 1. The first-order valence-corrected chi connectivity index (χ1v) is 9.62. The Kier molecular flexibility index (Phi) is 6.39. The first-order chi connectivity index (χ1) is 13.8. The van der Waals surface area contributed by atoms with E-state index in [-0.39, 0.29) is 11.5 Å². The van der Waals surface area contributed by atoms with Crippen molar-refractivity contribution < 1.29 is 22.8 Å². The van der Waals surface area contributed by atoms with Crippen LogP contribution in [0.4, 0.5) is 18.9 Å². The lowest BCUT2D eigenvalue weighted by atomic mass is 10.0. The predicted octanol–water partition coefficient (Wildman–Crippen LogP) is 5.67. The molecule has 1 amide bonds. The van der Waals surface area contributed by atoms with Crippen molar-refractivity contribution in [2.75, 3.05) is 11.1 Å². The molecule has 3 rings (SSSR count). The summed E-state index contributed by atoms with van der Waals surface area (Å²) in [5, 5.41) is 2.67. The van der Waals surface area contributed by atoms with Crippen LogP contribution in [-0.4, -0.2) is 17.4 Å². The molecule has 0 radical (unpaired) electrons. The molecule has 1 N–H and O–H groups in total. The molecule has 29 heavy (non-hydrogen) atoms. The second-order valence-corrected chi connectivity index (χ2v) is 7.15. The minimum Gasteiger partial charge on any atom is -0.325 e. The third-order valence-electron chi connectivity index (χ3n) is 4.01. The van der Waals surface area contributed by atoms with E-state index in [9.17, 15) is 22.8 Å². The fraction of sp³-hybridized carbons (Fsp3) is 0.0909. The van der Waals surface area contributed by atoms with E-state index < -0.39 is 17.6 Å². The lowest BCUT2D eigenvalue weighted by molar-refractivity contribution is -0.137. The number of ketones is 1. The number of anilines is 1. The van der Waals surface area contributed by atoms with Gasteiger partial charge in [-0.2, -0.15) is 13.2 Å². The van der Waals surface area contributed by atoms with Gasteiger partial charge >= 0.3 is 6.18 Å². The van der Waals surface area contributed by atoms with Crippen LogP contribution in [0.1, 0.15) is 21.5 Å². The number of para-hydroxylation sites is 1. The molecule has 148 valence electrons. The Labute approximate surface area is 169 Å². The Balaban J connectivity index is 1.68. The largest absolute Gasteiger partial charge is 0.416 e. The fourth-order valence-electron chi connectivity index (χ4n) is 2.63. The summed E-state index contributed by atoms with van der Waals surface area (Å²) < 4.78 is 38.4. The lowest BCUT2D eigenvalue weighted by Crippen LogP contribution is -2.17. The van der Waals surface area contributed by atoms with Gasteiger partial charge in [0.2, 0.25) is 5.91 Å².